The third-order valence-electron chi connectivity index (χ3n) is 2.95. The smallest absolute Gasteiger partial charge is 0.271 e. The number of nitrogens with one attached hydrogen (secondary N) is 1. The largest absolute Gasteiger partial charge is 0.492 e. The standard InChI is InChI=1S/C17H17IN2O3/c1-3-23-15-10-12(9-14(18)16(15)22-2)11-19-20-17(21)13-7-5-4-6-8-13/h4-11H,3H2,1-2H3,(H,20,21)/b19-11-. The van der Waals surface area contributed by atoms with Gasteiger partial charge >= 0.3 is 0 Å². The van der Waals surface area contributed by atoms with Gasteiger partial charge in [-0.15, -0.1) is 0 Å². The van der Waals surface area contributed by atoms with E-state index >= 15 is 0 Å². The summed E-state index contributed by atoms with van der Waals surface area (Å²) in [4.78, 5) is 11.9. The van der Waals surface area contributed by atoms with E-state index in [0.29, 0.717) is 23.7 Å². The first-order valence-electron chi connectivity index (χ1n) is 7.04. The van der Waals surface area contributed by atoms with Gasteiger partial charge < -0.3 is 9.47 Å². The molecule has 0 saturated heterocycles. The molecule has 1 amide bonds. The van der Waals surface area contributed by atoms with E-state index in [0.717, 1.165) is 9.13 Å². The molecule has 0 saturated carbocycles. The van der Waals surface area contributed by atoms with Gasteiger partial charge in [-0.2, -0.15) is 5.10 Å². The molecule has 0 atom stereocenters. The third-order valence-corrected chi connectivity index (χ3v) is 3.75. The fourth-order valence-corrected chi connectivity index (χ4v) is 2.79. The summed E-state index contributed by atoms with van der Waals surface area (Å²) in [5.41, 5.74) is 3.87. The molecule has 2 rings (SSSR count). The van der Waals surface area contributed by atoms with E-state index in [2.05, 4.69) is 33.1 Å². The lowest BCUT2D eigenvalue weighted by Gasteiger charge is -2.11. The molecule has 5 nitrogen and oxygen atoms in total. The van der Waals surface area contributed by atoms with Crippen molar-refractivity contribution in [2.75, 3.05) is 13.7 Å². The highest BCUT2D eigenvalue weighted by Crippen LogP contribution is 2.33. The Hall–Kier alpha value is -2.09. The highest BCUT2D eigenvalue weighted by molar-refractivity contribution is 14.1. The number of hydrogen-bond donors (Lipinski definition) is 1. The summed E-state index contributed by atoms with van der Waals surface area (Å²) in [5.74, 6) is 1.09. The lowest BCUT2D eigenvalue weighted by atomic mass is 10.2. The summed E-state index contributed by atoms with van der Waals surface area (Å²) < 4.78 is 11.8. The highest BCUT2D eigenvalue weighted by Gasteiger charge is 2.10. The molecule has 0 aromatic heterocycles. The lowest BCUT2D eigenvalue weighted by molar-refractivity contribution is 0.0955. The van der Waals surface area contributed by atoms with Crippen LogP contribution in [0.2, 0.25) is 0 Å². The van der Waals surface area contributed by atoms with Crippen LogP contribution in [0.5, 0.6) is 11.5 Å². The molecule has 0 aliphatic carbocycles. The van der Waals surface area contributed by atoms with Crippen LogP contribution >= 0.6 is 22.6 Å². The van der Waals surface area contributed by atoms with E-state index in [4.69, 9.17) is 9.47 Å². The molecule has 2 aromatic rings. The van der Waals surface area contributed by atoms with Crippen LogP contribution in [-0.4, -0.2) is 25.8 Å². The molecule has 1 N–H and O–H groups in total. The van der Waals surface area contributed by atoms with Crippen LogP contribution in [0.3, 0.4) is 0 Å². The van der Waals surface area contributed by atoms with Crippen molar-refractivity contribution in [1.82, 2.24) is 5.43 Å². The Labute approximate surface area is 148 Å². The molecular weight excluding hydrogens is 407 g/mol. The number of hydrogen-bond acceptors (Lipinski definition) is 4. The number of nitrogens with zero attached hydrogens (tertiary/aromatic N) is 1. The summed E-state index contributed by atoms with van der Waals surface area (Å²) in [6, 6.07) is 12.7. The normalized spacial score (nSPS) is 10.6. The molecule has 0 bridgehead atoms. The Morgan fingerprint density at radius 1 is 1.30 bits per heavy atom. The highest BCUT2D eigenvalue weighted by atomic mass is 127. The monoisotopic (exact) mass is 424 g/mol. The number of halogens is 1. The zero-order valence-corrected chi connectivity index (χ0v) is 15.0. The number of amides is 1. The van der Waals surface area contributed by atoms with Crippen molar-refractivity contribution in [3.05, 3.63) is 57.2 Å². The maximum atomic E-state index is 11.9. The van der Waals surface area contributed by atoms with Crippen LogP contribution in [0, 0.1) is 3.57 Å². The van der Waals surface area contributed by atoms with Crippen LogP contribution in [-0.2, 0) is 0 Å². The molecule has 23 heavy (non-hydrogen) atoms. The predicted molar refractivity (Wildman–Crippen MR) is 98.4 cm³/mol. The Morgan fingerprint density at radius 3 is 2.70 bits per heavy atom. The van der Waals surface area contributed by atoms with E-state index in [-0.39, 0.29) is 5.91 Å². The summed E-state index contributed by atoms with van der Waals surface area (Å²) in [6.45, 7) is 2.45. The van der Waals surface area contributed by atoms with E-state index in [1.807, 2.05) is 25.1 Å². The summed E-state index contributed by atoms with van der Waals surface area (Å²) in [7, 11) is 1.61. The Bertz CT molecular complexity index is 702. The topological polar surface area (TPSA) is 59.9 Å². The Morgan fingerprint density at radius 2 is 2.04 bits per heavy atom. The minimum absolute atomic E-state index is 0.255. The zero-order chi connectivity index (χ0) is 16.7. The molecule has 0 radical (unpaired) electrons. The Kier molecular flexibility index (Phi) is 6.40. The first kappa shape index (κ1) is 17.3. The number of carbonyl (C=O) groups is 1. The Balaban J connectivity index is 2.12. The second kappa shape index (κ2) is 8.52. The van der Waals surface area contributed by atoms with E-state index in [1.165, 1.54) is 0 Å². The van der Waals surface area contributed by atoms with Gasteiger partial charge in [0.2, 0.25) is 0 Å². The minimum Gasteiger partial charge on any atom is -0.492 e. The maximum Gasteiger partial charge on any atom is 0.271 e. The molecule has 0 spiro atoms. The van der Waals surface area contributed by atoms with Crippen molar-refractivity contribution in [3.63, 3.8) is 0 Å². The number of ether oxygens (including phenoxy) is 2. The van der Waals surface area contributed by atoms with Crippen LogP contribution in [0.1, 0.15) is 22.8 Å². The third kappa shape index (κ3) is 4.69. The van der Waals surface area contributed by atoms with Gasteiger partial charge in [0.25, 0.3) is 5.91 Å². The number of methoxy groups -OCH3 is 1. The van der Waals surface area contributed by atoms with Crippen LogP contribution in [0.4, 0.5) is 0 Å². The average Bonchev–Trinajstić information content (AvgIpc) is 2.56. The second-order valence-corrected chi connectivity index (χ2v) is 5.69. The number of benzene rings is 2. The molecule has 2 aromatic carbocycles. The molecule has 0 unspecified atom stereocenters. The van der Waals surface area contributed by atoms with Crippen molar-refractivity contribution in [2.24, 2.45) is 5.10 Å². The fourth-order valence-electron chi connectivity index (χ4n) is 1.94. The van der Waals surface area contributed by atoms with Crippen LogP contribution < -0.4 is 14.9 Å². The zero-order valence-electron chi connectivity index (χ0n) is 12.9. The lowest BCUT2D eigenvalue weighted by Crippen LogP contribution is -2.17. The summed E-state index contributed by atoms with van der Waals surface area (Å²) in [6.07, 6.45) is 1.57. The van der Waals surface area contributed by atoms with Gasteiger partial charge in [0.05, 0.1) is 23.5 Å². The van der Waals surface area contributed by atoms with Crippen molar-refractivity contribution in [1.29, 1.82) is 0 Å². The molecular formula is C17H17IN2O3. The SMILES string of the molecule is CCOc1cc(/C=N\NC(=O)c2ccccc2)cc(I)c1OC. The van der Waals surface area contributed by atoms with Crippen molar-refractivity contribution >= 4 is 34.7 Å². The molecule has 6 heteroatoms. The van der Waals surface area contributed by atoms with Crippen molar-refractivity contribution in [2.45, 2.75) is 6.92 Å². The van der Waals surface area contributed by atoms with Gasteiger partial charge in [-0.25, -0.2) is 5.43 Å². The van der Waals surface area contributed by atoms with Gasteiger partial charge in [0.15, 0.2) is 11.5 Å². The van der Waals surface area contributed by atoms with Gasteiger partial charge in [-0.05, 0) is 59.3 Å². The second-order valence-electron chi connectivity index (χ2n) is 4.53. The van der Waals surface area contributed by atoms with E-state index in [1.54, 1.807) is 37.6 Å². The van der Waals surface area contributed by atoms with Gasteiger partial charge in [-0.3, -0.25) is 4.79 Å². The first-order chi connectivity index (χ1) is 11.2. The molecule has 0 aliphatic rings. The molecule has 0 fully saturated rings. The van der Waals surface area contributed by atoms with Gasteiger partial charge in [0, 0.05) is 5.56 Å². The molecule has 120 valence electrons. The predicted octanol–water partition coefficient (Wildman–Crippen LogP) is 3.46. The van der Waals surface area contributed by atoms with Crippen molar-refractivity contribution in [3.8, 4) is 11.5 Å². The number of carbonyl (C=O) groups excluding carboxylic acids is 1. The van der Waals surface area contributed by atoms with Crippen LogP contribution in [0.15, 0.2) is 47.6 Å². The first-order valence-corrected chi connectivity index (χ1v) is 8.12. The van der Waals surface area contributed by atoms with E-state index < -0.39 is 0 Å². The molecule has 0 heterocycles. The van der Waals surface area contributed by atoms with E-state index in [9.17, 15) is 4.79 Å². The molecule has 0 aliphatic heterocycles. The minimum atomic E-state index is -0.255. The number of hydrazone groups is 1. The van der Waals surface area contributed by atoms with Crippen LogP contribution in [0.25, 0.3) is 0 Å². The van der Waals surface area contributed by atoms with Gasteiger partial charge in [-0.1, -0.05) is 18.2 Å². The quantitative estimate of drug-likeness (QED) is 0.439. The van der Waals surface area contributed by atoms with Crippen molar-refractivity contribution < 1.29 is 14.3 Å². The fraction of sp³-hybridized carbons (Fsp3) is 0.176. The number of rotatable bonds is 6. The average molecular weight is 424 g/mol. The summed E-state index contributed by atoms with van der Waals surface area (Å²) in [5, 5.41) is 3.99. The summed E-state index contributed by atoms with van der Waals surface area (Å²) >= 11 is 2.17. The van der Waals surface area contributed by atoms with Gasteiger partial charge in [0.1, 0.15) is 0 Å². The maximum absolute atomic E-state index is 11.9.